The molecule has 0 aliphatic heterocycles. The first-order valence-electron chi connectivity index (χ1n) is 6.00. The summed E-state index contributed by atoms with van der Waals surface area (Å²) in [7, 11) is 1.69. The van der Waals surface area contributed by atoms with E-state index in [0.717, 1.165) is 5.75 Å². The van der Waals surface area contributed by atoms with E-state index in [2.05, 4.69) is 60.2 Å². The number of fused-ring (bicyclic) bond motifs is 1. The van der Waals surface area contributed by atoms with E-state index in [-0.39, 0.29) is 0 Å². The molecule has 2 heteroatoms. The van der Waals surface area contributed by atoms with Crippen molar-refractivity contribution >= 4 is 10.9 Å². The minimum Gasteiger partial charge on any atom is -0.497 e. The minimum absolute atomic E-state index is 0.893. The summed E-state index contributed by atoms with van der Waals surface area (Å²) in [4.78, 5) is 0. The number of aromatic nitrogens is 1. The van der Waals surface area contributed by atoms with E-state index in [1.165, 1.54) is 22.2 Å². The van der Waals surface area contributed by atoms with E-state index >= 15 is 0 Å². The van der Waals surface area contributed by atoms with E-state index in [4.69, 9.17) is 4.74 Å². The van der Waals surface area contributed by atoms with Gasteiger partial charge in [0.1, 0.15) is 5.75 Å². The first kappa shape index (κ1) is 10.9. The average molecular weight is 237 g/mol. The van der Waals surface area contributed by atoms with Crippen LogP contribution in [0.3, 0.4) is 0 Å². The largest absolute Gasteiger partial charge is 0.497 e. The van der Waals surface area contributed by atoms with Crippen molar-refractivity contribution in [2.75, 3.05) is 7.11 Å². The maximum Gasteiger partial charge on any atom is 0.119 e. The standard InChI is InChI=1S/C16H15NO/c1-12-3-5-14(6-4-12)17-10-9-13-11-15(18-2)7-8-16(13)17/h3-11H,1-2H3. The van der Waals surface area contributed by atoms with Crippen molar-refractivity contribution in [2.45, 2.75) is 6.92 Å². The maximum atomic E-state index is 5.24. The van der Waals surface area contributed by atoms with Gasteiger partial charge in [0.2, 0.25) is 0 Å². The molecule has 1 heterocycles. The SMILES string of the molecule is COc1ccc2c(ccn2-c2ccc(C)cc2)c1. The van der Waals surface area contributed by atoms with Crippen LogP contribution in [0.4, 0.5) is 0 Å². The van der Waals surface area contributed by atoms with Gasteiger partial charge in [0, 0.05) is 17.3 Å². The molecule has 0 aliphatic rings. The highest BCUT2D eigenvalue weighted by Crippen LogP contribution is 2.24. The lowest BCUT2D eigenvalue weighted by atomic mass is 10.2. The van der Waals surface area contributed by atoms with Gasteiger partial charge in [-0.05, 0) is 43.3 Å². The molecule has 0 N–H and O–H groups in total. The normalized spacial score (nSPS) is 10.8. The Morgan fingerprint density at radius 3 is 2.44 bits per heavy atom. The zero-order chi connectivity index (χ0) is 12.5. The molecule has 0 atom stereocenters. The zero-order valence-electron chi connectivity index (χ0n) is 10.6. The molecule has 18 heavy (non-hydrogen) atoms. The molecule has 0 bridgehead atoms. The van der Waals surface area contributed by atoms with Crippen LogP contribution in [0.15, 0.2) is 54.7 Å². The summed E-state index contributed by atoms with van der Waals surface area (Å²) in [6, 6.07) is 16.8. The van der Waals surface area contributed by atoms with Crippen LogP contribution in [0.25, 0.3) is 16.6 Å². The Labute approximate surface area is 106 Å². The van der Waals surface area contributed by atoms with Gasteiger partial charge >= 0.3 is 0 Å². The first-order chi connectivity index (χ1) is 8.78. The monoisotopic (exact) mass is 237 g/mol. The van der Waals surface area contributed by atoms with Gasteiger partial charge in [0.15, 0.2) is 0 Å². The van der Waals surface area contributed by atoms with Crippen LogP contribution < -0.4 is 4.74 Å². The van der Waals surface area contributed by atoms with Gasteiger partial charge in [-0.25, -0.2) is 0 Å². The Hall–Kier alpha value is -2.22. The Morgan fingerprint density at radius 2 is 1.72 bits per heavy atom. The Kier molecular flexibility index (Phi) is 2.56. The van der Waals surface area contributed by atoms with Crippen molar-refractivity contribution in [3.63, 3.8) is 0 Å². The lowest BCUT2D eigenvalue weighted by molar-refractivity contribution is 0.415. The van der Waals surface area contributed by atoms with Crippen LogP contribution in [-0.4, -0.2) is 11.7 Å². The highest BCUT2D eigenvalue weighted by molar-refractivity contribution is 5.83. The molecule has 3 rings (SSSR count). The molecule has 2 aromatic carbocycles. The fourth-order valence-electron chi connectivity index (χ4n) is 2.18. The summed E-state index contributed by atoms with van der Waals surface area (Å²) in [6.07, 6.45) is 2.09. The molecule has 0 aliphatic carbocycles. The van der Waals surface area contributed by atoms with Crippen LogP contribution in [-0.2, 0) is 0 Å². The molecule has 0 saturated heterocycles. The van der Waals surface area contributed by atoms with Crippen molar-refractivity contribution in [2.24, 2.45) is 0 Å². The third kappa shape index (κ3) is 1.76. The molecular weight excluding hydrogens is 222 g/mol. The molecule has 0 radical (unpaired) electrons. The highest BCUT2D eigenvalue weighted by atomic mass is 16.5. The highest BCUT2D eigenvalue weighted by Gasteiger charge is 2.03. The van der Waals surface area contributed by atoms with Crippen molar-refractivity contribution in [1.82, 2.24) is 4.57 Å². The number of ether oxygens (including phenoxy) is 1. The Bertz CT molecular complexity index is 680. The second kappa shape index (κ2) is 4.22. The molecule has 90 valence electrons. The quantitative estimate of drug-likeness (QED) is 0.658. The summed E-state index contributed by atoms with van der Waals surface area (Å²) < 4.78 is 7.43. The maximum absolute atomic E-state index is 5.24. The number of benzene rings is 2. The number of methoxy groups -OCH3 is 1. The van der Waals surface area contributed by atoms with E-state index < -0.39 is 0 Å². The van der Waals surface area contributed by atoms with Crippen LogP contribution in [0.5, 0.6) is 5.75 Å². The van der Waals surface area contributed by atoms with Crippen LogP contribution in [0, 0.1) is 6.92 Å². The van der Waals surface area contributed by atoms with Gasteiger partial charge in [-0.15, -0.1) is 0 Å². The lowest BCUT2D eigenvalue weighted by Crippen LogP contribution is -1.91. The predicted octanol–water partition coefficient (Wildman–Crippen LogP) is 3.95. The molecule has 0 saturated carbocycles. The van der Waals surface area contributed by atoms with Gasteiger partial charge in [-0.3, -0.25) is 0 Å². The third-order valence-corrected chi connectivity index (χ3v) is 3.21. The van der Waals surface area contributed by atoms with Crippen molar-refractivity contribution in [3.05, 3.63) is 60.3 Å². The number of rotatable bonds is 2. The third-order valence-electron chi connectivity index (χ3n) is 3.21. The van der Waals surface area contributed by atoms with Gasteiger partial charge in [0.25, 0.3) is 0 Å². The fourth-order valence-corrected chi connectivity index (χ4v) is 2.18. The topological polar surface area (TPSA) is 14.2 Å². The van der Waals surface area contributed by atoms with Crippen molar-refractivity contribution < 1.29 is 4.74 Å². The van der Waals surface area contributed by atoms with Crippen LogP contribution >= 0.6 is 0 Å². The fraction of sp³-hybridized carbons (Fsp3) is 0.125. The van der Waals surface area contributed by atoms with E-state index in [9.17, 15) is 0 Å². The first-order valence-corrected chi connectivity index (χ1v) is 6.00. The molecule has 1 aromatic heterocycles. The van der Waals surface area contributed by atoms with Gasteiger partial charge in [-0.1, -0.05) is 17.7 Å². The molecule has 0 fully saturated rings. The lowest BCUT2D eigenvalue weighted by Gasteiger charge is -2.06. The van der Waals surface area contributed by atoms with E-state index in [1.54, 1.807) is 7.11 Å². The summed E-state index contributed by atoms with van der Waals surface area (Å²) in [5, 5.41) is 1.19. The Morgan fingerprint density at radius 1 is 0.944 bits per heavy atom. The van der Waals surface area contributed by atoms with Crippen molar-refractivity contribution in [3.8, 4) is 11.4 Å². The molecule has 3 aromatic rings. The number of hydrogen-bond donors (Lipinski definition) is 0. The Balaban J connectivity index is 2.15. The summed E-state index contributed by atoms with van der Waals surface area (Å²) in [5.41, 5.74) is 3.65. The molecule has 0 amide bonds. The van der Waals surface area contributed by atoms with E-state index in [1.807, 2.05) is 6.07 Å². The van der Waals surface area contributed by atoms with Gasteiger partial charge in [-0.2, -0.15) is 0 Å². The summed E-state index contributed by atoms with van der Waals surface area (Å²) in [5.74, 6) is 0.893. The predicted molar refractivity (Wildman–Crippen MR) is 74.6 cm³/mol. The number of hydrogen-bond acceptors (Lipinski definition) is 1. The minimum atomic E-state index is 0.893. The molecular formula is C16H15NO. The van der Waals surface area contributed by atoms with Gasteiger partial charge < -0.3 is 9.30 Å². The second-order valence-electron chi connectivity index (χ2n) is 4.45. The smallest absolute Gasteiger partial charge is 0.119 e. The summed E-state index contributed by atoms with van der Waals surface area (Å²) >= 11 is 0. The van der Waals surface area contributed by atoms with E-state index in [0.29, 0.717) is 0 Å². The van der Waals surface area contributed by atoms with Crippen LogP contribution in [0.2, 0.25) is 0 Å². The van der Waals surface area contributed by atoms with Gasteiger partial charge in [0.05, 0.1) is 12.6 Å². The van der Waals surface area contributed by atoms with Crippen molar-refractivity contribution in [1.29, 1.82) is 0 Å². The summed E-state index contributed by atoms with van der Waals surface area (Å²) in [6.45, 7) is 2.10. The zero-order valence-corrected chi connectivity index (χ0v) is 10.6. The number of aryl methyl sites for hydroxylation is 1. The molecule has 2 nitrogen and oxygen atoms in total. The van der Waals surface area contributed by atoms with Crippen LogP contribution in [0.1, 0.15) is 5.56 Å². The molecule has 0 unspecified atom stereocenters. The number of nitrogens with zero attached hydrogens (tertiary/aromatic N) is 1. The molecule has 0 spiro atoms. The average Bonchev–Trinajstić information content (AvgIpc) is 2.82. The second-order valence-corrected chi connectivity index (χ2v) is 4.45.